The van der Waals surface area contributed by atoms with Crippen molar-refractivity contribution in [1.29, 1.82) is 0 Å². The molecule has 146 valence electrons. The van der Waals surface area contributed by atoms with E-state index < -0.39 is 0 Å². The van der Waals surface area contributed by atoms with Crippen molar-refractivity contribution in [3.63, 3.8) is 0 Å². The van der Waals surface area contributed by atoms with E-state index in [1.807, 2.05) is 0 Å². The van der Waals surface area contributed by atoms with Crippen LogP contribution in [0.4, 0.5) is 15.8 Å². The molecule has 0 saturated heterocycles. The Labute approximate surface area is 165 Å². The molecule has 2 aromatic carbocycles. The van der Waals surface area contributed by atoms with Gasteiger partial charge in [-0.3, -0.25) is 10.1 Å². The summed E-state index contributed by atoms with van der Waals surface area (Å²) in [4.78, 5) is 17.2. The third-order valence-corrected chi connectivity index (χ3v) is 6.00. The number of para-hydroxylation sites is 1. The average Bonchev–Trinajstić information content (AvgIpc) is 3.12. The maximum atomic E-state index is 13.7. The molecule has 0 spiro atoms. The summed E-state index contributed by atoms with van der Waals surface area (Å²) in [5, 5.41) is 5.13. The van der Waals surface area contributed by atoms with E-state index in [1.54, 1.807) is 18.2 Å². The van der Waals surface area contributed by atoms with Gasteiger partial charge in [-0.1, -0.05) is 30.3 Å². The molecule has 4 rings (SSSR count). The van der Waals surface area contributed by atoms with Gasteiger partial charge in [0.2, 0.25) is 11.7 Å². The lowest BCUT2D eigenvalue weighted by atomic mass is 9.80. The Morgan fingerprint density at radius 2 is 1.93 bits per heavy atom. The summed E-state index contributed by atoms with van der Waals surface area (Å²) in [6.45, 7) is 2.38. The Hall–Kier alpha value is -2.53. The summed E-state index contributed by atoms with van der Waals surface area (Å²) in [6.07, 6.45) is 4.86. The number of carbonyl (C=O) groups is 1. The molecule has 5 heteroatoms. The molecule has 1 heterocycles. The van der Waals surface area contributed by atoms with Crippen LogP contribution in [-0.2, 0) is 11.3 Å². The Bertz CT molecular complexity index is 900. The molecule has 0 unspecified atom stereocenters. The average molecular weight is 380 g/mol. The Kier molecular flexibility index (Phi) is 5.53. The number of quaternary nitrogens is 1. The van der Waals surface area contributed by atoms with Gasteiger partial charge in [0.25, 0.3) is 0 Å². The predicted molar refractivity (Wildman–Crippen MR) is 108 cm³/mol. The van der Waals surface area contributed by atoms with Crippen LogP contribution in [0.2, 0.25) is 0 Å². The van der Waals surface area contributed by atoms with Crippen molar-refractivity contribution in [1.82, 2.24) is 5.32 Å². The number of nitrogens with zero attached hydrogens (tertiary/aromatic N) is 1. The lowest BCUT2D eigenvalue weighted by Gasteiger charge is -2.27. The number of nitrogens with two attached hydrogens (primary N) is 1. The van der Waals surface area contributed by atoms with Gasteiger partial charge in [-0.15, -0.1) is 0 Å². The summed E-state index contributed by atoms with van der Waals surface area (Å²) in [5.74, 6) is 1.57. The predicted octanol–water partition coefficient (Wildman–Crippen LogP) is 3.89. The topological polar surface area (TPSA) is 58.1 Å². The highest BCUT2D eigenvalue weighted by Crippen LogP contribution is 2.33. The quantitative estimate of drug-likeness (QED) is 0.760. The molecule has 0 aromatic heterocycles. The second-order valence-electron chi connectivity index (χ2n) is 7.99. The number of hydrogen-bond acceptors (Lipinski definition) is 2. The Morgan fingerprint density at radius 3 is 2.68 bits per heavy atom. The number of aliphatic imine (C=N–C) groups is 1. The van der Waals surface area contributed by atoms with Gasteiger partial charge >= 0.3 is 0 Å². The van der Waals surface area contributed by atoms with Crippen LogP contribution in [0.15, 0.2) is 47.5 Å². The highest BCUT2D eigenvalue weighted by atomic mass is 19.1. The molecule has 1 fully saturated rings. The highest BCUT2D eigenvalue weighted by molar-refractivity contribution is 5.86. The van der Waals surface area contributed by atoms with E-state index in [0.29, 0.717) is 11.5 Å². The number of rotatable bonds is 5. The molecular formula is C23H27FN3O+. The van der Waals surface area contributed by atoms with Crippen LogP contribution in [0.3, 0.4) is 0 Å². The number of benzene rings is 2. The summed E-state index contributed by atoms with van der Waals surface area (Å²) in [5.41, 5.74) is 4.13. The van der Waals surface area contributed by atoms with Crippen molar-refractivity contribution in [2.75, 3.05) is 0 Å². The van der Waals surface area contributed by atoms with Crippen LogP contribution in [0.5, 0.6) is 0 Å². The number of amidine groups is 1. The first-order valence-electron chi connectivity index (χ1n) is 10.1. The maximum Gasteiger partial charge on any atom is 0.223 e. The van der Waals surface area contributed by atoms with E-state index in [2.05, 4.69) is 35.8 Å². The molecule has 2 aliphatic rings. The molecule has 2 aromatic rings. The minimum atomic E-state index is -0.267. The number of hydrogen-bond donors (Lipinski definition) is 2. The summed E-state index contributed by atoms with van der Waals surface area (Å²) in [6, 6.07) is 12.8. The van der Waals surface area contributed by atoms with Crippen LogP contribution in [0.25, 0.3) is 0 Å². The van der Waals surface area contributed by atoms with E-state index in [4.69, 9.17) is 4.99 Å². The van der Waals surface area contributed by atoms with Gasteiger partial charge in [-0.25, -0.2) is 4.39 Å². The van der Waals surface area contributed by atoms with E-state index in [-0.39, 0.29) is 24.2 Å². The molecule has 1 amide bonds. The fraction of sp³-hybridized carbons (Fsp3) is 0.391. The molecule has 3 N–H and O–H groups in total. The largest absolute Gasteiger partial charge is 0.352 e. The van der Waals surface area contributed by atoms with E-state index in [1.165, 1.54) is 17.3 Å². The van der Waals surface area contributed by atoms with Gasteiger partial charge in [0, 0.05) is 30.0 Å². The van der Waals surface area contributed by atoms with Gasteiger partial charge in [-0.2, -0.15) is 4.99 Å². The van der Waals surface area contributed by atoms with Crippen LogP contribution < -0.4 is 10.6 Å². The number of fused-ring (bicyclic) bond motifs is 1. The number of carbonyl (C=O) groups excluding carboxylic acids is 1. The molecule has 28 heavy (non-hydrogen) atoms. The second kappa shape index (κ2) is 8.23. The number of aryl methyl sites for hydroxylation is 1. The molecular weight excluding hydrogens is 353 g/mol. The normalized spacial score (nSPS) is 21.1. The van der Waals surface area contributed by atoms with Crippen LogP contribution in [0.1, 0.15) is 43.2 Å². The fourth-order valence-corrected chi connectivity index (χ4v) is 4.30. The smallest absolute Gasteiger partial charge is 0.223 e. The molecule has 1 aliphatic carbocycles. The third-order valence-electron chi connectivity index (χ3n) is 6.00. The van der Waals surface area contributed by atoms with Crippen molar-refractivity contribution < 1.29 is 14.5 Å². The second-order valence-corrected chi connectivity index (χ2v) is 7.99. The maximum absolute atomic E-state index is 13.7. The van der Waals surface area contributed by atoms with Gasteiger partial charge in [0.15, 0.2) is 5.69 Å². The van der Waals surface area contributed by atoms with Crippen molar-refractivity contribution in [3.8, 4) is 0 Å². The number of nitrogens with one attached hydrogen (secondary N) is 1. The van der Waals surface area contributed by atoms with E-state index >= 15 is 0 Å². The van der Waals surface area contributed by atoms with Gasteiger partial charge in [-0.05, 0) is 50.7 Å². The first-order chi connectivity index (χ1) is 13.6. The van der Waals surface area contributed by atoms with Crippen LogP contribution in [-0.4, -0.2) is 11.7 Å². The van der Waals surface area contributed by atoms with Gasteiger partial charge < -0.3 is 5.32 Å². The first kappa shape index (κ1) is 18.8. The van der Waals surface area contributed by atoms with Crippen molar-refractivity contribution >= 4 is 23.1 Å². The van der Waals surface area contributed by atoms with E-state index in [0.717, 1.165) is 43.6 Å². The van der Waals surface area contributed by atoms with Gasteiger partial charge in [0.05, 0.1) is 0 Å². The van der Waals surface area contributed by atoms with Crippen LogP contribution >= 0.6 is 0 Å². The molecule has 0 atom stereocenters. The molecule has 1 aliphatic heterocycles. The first-order valence-corrected chi connectivity index (χ1v) is 10.1. The van der Waals surface area contributed by atoms with Crippen molar-refractivity contribution in [2.45, 2.75) is 45.6 Å². The monoisotopic (exact) mass is 380 g/mol. The number of halogens is 1. The molecule has 0 bridgehead atoms. The summed E-state index contributed by atoms with van der Waals surface area (Å²) in [7, 11) is 0. The molecule has 4 nitrogen and oxygen atoms in total. The van der Waals surface area contributed by atoms with Crippen molar-refractivity contribution in [2.24, 2.45) is 16.8 Å². The lowest BCUT2D eigenvalue weighted by Crippen LogP contribution is -2.81. The summed E-state index contributed by atoms with van der Waals surface area (Å²) < 4.78 is 13.7. The molecule has 0 radical (unpaired) electrons. The third kappa shape index (κ3) is 4.14. The molecule has 1 saturated carbocycles. The number of amides is 1. The minimum absolute atomic E-state index is 0.0389. The van der Waals surface area contributed by atoms with E-state index in [9.17, 15) is 9.18 Å². The zero-order valence-corrected chi connectivity index (χ0v) is 16.2. The SMILES string of the molecule is Cc1cccc2c1[NH2+]C(CC1CCC(C(=O)NCc3ccccc3F)CC1)=N2. The van der Waals surface area contributed by atoms with Crippen molar-refractivity contribution in [3.05, 3.63) is 59.4 Å². The Balaban J connectivity index is 1.24. The lowest BCUT2D eigenvalue weighted by molar-refractivity contribution is -0.442. The van der Waals surface area contributed by atoms with Crippen LogP contribution in [0, 0.1) is 24.6 Å². The zero-order chi connectivity index (χ0) is 19.5. The minimum Gasteiger partial charge on any atom is -0.352 e. The highest BCUT2D eigenvalue weighted by Gasteiger charge is 2.30. The fourth-order valence-electron chi connectivity index (χ4n) is 4.30. The Morgan fingerprint density at radius 1 is 1.14 bits per heavy atom. The summed E-state index contributed by atoms with van der Waals surface area (Å²) >= 11 is 0. The van der Waals surface area contributed by atoms with Gasteiger partial charge in [0.1, 0.15) is 11.5 Å². The zero-order valence-electron chi connectivity index (χ0n) is 16.2. The standard InChI is InChI=1S/C23H26FN3O/c1-15-5-4-8-20-22(15)27-21(26-20)13-16-9-11-17(12-10-16)23(28)25-14-18-6-2-3-7-19(18)24/h2-8,16-17H,9-14H2,1H3,(H,25,28)(H,26,27)/p+1.